The summed E-state index contributed by atoms with van der Waals surface area (Å²) in [7, 11) is 1.95. The highest BCUT2D eigenvalue weighted by Gasteiger charge is 2.18. The molecule has 0 aliphatic heterocycles. The van der Waals surface area contributed by atoms with Gasteiger partial charge >= 0.3 is 0 Å². The number of hydrogen-bond acceptors (Lipinski definition) is 4. The smallest absolute Gasteiger partial charge is 0.257 e. The van der Waals surface area contributed by atoms with Gasteiger partial charge in [0.05, 0.1) is 5.56 Å². The number of nitrogens with one attached hydrogen (secondary N) is 2. The minimum Gasteiger partial charge on any atom is -0.350 e. The fourth-order valence-electron chi connectivity index (χ4n) is 3.93. The molecule has 2 N–H and O–H groups in total. The van der Waals surface area contributed by atoms with Gasteiger partial charge in [0.2, 0.25) is 5.91 Å². The van der Waals surface area contributed by atoms with Crippen LogP contribution in [0.1, 0.15) is 49.2 Å². The monoisotopic (exact) mass is 486 g/mol. The van der Waals surface area contributed by atoms with E-state index in [1.54, 1.807) is 18.0 Å². The molecule has 0 saturated carbocycles. The van der Waals surface area contributed by atoms with Crippen LogP contribution in [0.15, 0.2) is 71.9 Å². The van der Waals surface area contributed by atoms with Gasteiger partial charge < -0.3 is 15.2 Å². The van der Waals surface area contributed by atoms with E-state index in [2.05, 4.69) is 48.5 Å². The van der Waals surface area contributed by atoms with Gasteiger partial charge in [0.25, 0.3) is 5.91 Å². The topological polar surface area (TPSA) is 76.0 Å². The van der Waals surface area contributed by atoms with Gasteiger partial charge in [0.15, 0.2) is 0 Å². The molecule has 0 spiro atoms. The number of hydrogen-bond donors (Lipinski definition) is 2. The number of benzene rings is 2. The van der Waals surface area contributed by atoms with Crippen molar-refractivity contribution >= 4 is 46.0 Å². The van der Waals surface area contributed by atoms with Crippen LogP contribution in [0.5, 0.6) is 0 Å². The number of aryl methyl sites for hydroxylation is 1. The van der Waals surface area contributed by atoms with Gasteiger partial charge in [-0.1, -0.05) is 39.0 Å². The van der Waals surface area contributed by atoms with Crippen LogP contribution in [0.25, 0.3) is 10.9 Å². The lowest BCUT2D eigenvalue weighted by Crippen LogP contribution is -2.13. The molecule has 0 aliphatic carbocycles. The molecule has 2 amide bonds. The van der Waals surface area contributed by atoms with Crippen molar-refractivity contribution in [3.8, 4) is 0 Å². The molecule has 0 radical (unpaired) electrons. The maximum Gasteiger partial charge on any atom is 0.257 e. The summed E-state index contributed by atoms with van der Waals surface area (Å²) in [5, 5.41) is 6.71. The Labute approximate surface area is 210 Å². The Kier molecular flexibility index (Phi) is 6.98. The van der Waals surface area contributed by atoms with Crippen molar-refractivity contribution in [2.75, 3.05) is 10.6 Å². The Balaban J connectivity index is 1.58. The number of thioether (sulfide) groups is 1. The Morgan fingerprint density at radius 3 is 2.46 bits per heavy atom. The lowest BCUT2D eigenvalue weighted by Gasteiger charge is -2.19. The van der Waals surface area contributed by atoms with Gasteiger partial charge in [-0.3, -0.25) is 9.59 Å². The van der Waals surface area contributed by atoms with Crippen molar-refractivity contribution in [1.29, 1.82) is 0 Å². The van der Waals surface area contributed by atoms with Gasteiger partial charge in [-0.25, -0.2) is 4.98 Å². The summed E-state index contributed by atoms with van der Waals surface area (Å²) in [4.78, 5) is 29.9. The molecule has 4 rings (SSSR count). The number of aromatic nitrogens is 2. The van der Waals surface area contributed by atoms with E-state index in [0.717, 1.165) is 27.0 Å². The van der Waals surface area contributed by atoms with Crippen molar-refractivity contribution in [2.24, 2.45) is 7.05 Å². The van der Waals surface area contributed by atoms with Crippen LogP contribution in [0.4, 0.5) is 11.5 Å². The molecule has 0 aliphatic rings. The van der Waals surface area contributed by atoms with Gasteiger partial charge in [-0.05, 0) is 52.9 Å². The fourth-order valence-corrected chi connectivity index (χ4v) is 4.97. The lowest BCUT2D eigenvalue weighted by atomic mass is 9.87. The Hall–Kier alpha value is -3.58. The van der Waals surface area contributed by atoms with E-state index in [9.17, 15) is 9.59 Å². The Morgan fingerprint density at radius 1 is 1.03 bits per heavy atom. The van der Waals surface area contributed by atoms with Crippen LogP contribution < -0.4 is 10.6 Å². The van der Waals surface area contributed by atoms with Crippen molar-refractivity contribution in [1.82, 2.24) is 9.55 Å². The van der Waals surface area contributed by atoms with E-state index < -0.39 is 0 Å². The van der Waals surface area contributed by atoms with Crippen LogP contribution in [0.2, 0.25) is 0 Å². The summed E-state index contributed by atoms with van der Waals surface area (Å²) < 4.78 is 1.98. The summed E-state index contributed by atoms with van der Waals surface area (Å²) in [6.07, 6.45) is 3.57. The second-order valence-electron chi connectivity index (χ2n) is 9.60. The highest BCUT2D eigenvalue weighted by Crippen LogP contribution is 2.34. The summed E-state index contributed by atoms with van der Waals surface area (Å²) in [5.74, 6) is 0.925. The molecule has 2 aromatic heterocycles. The van der Waals surface area contributed by atoms with Gasteiger partial charge in [-0.2, -0.15) is 0 Å². The first-order valence-electron chi connectivity index (χ1n) is 11.5. The third-order valence-corrected chi connectivity index (χ3v) is 6.88. The minimum atomic E-state index is -0.153. The van der Waals surface area contributed by atoms with Crippen LogP contribution in [-0.2, 0) is 23.0 Å². The van der Waals surface area contributed by atoms with Crippen molar-refractivity contribution in [2.45, 2.75) is 43.8 Å². The van der Waals surface area contributed by atoms with Crippen molar-refractivity contribution < 1.29 is 9.59 Å². The number of amides is 2. The van der Waals surface area contributed by atoms with Crippen LogP contribution in [0.3, 0.4) is 0 Å². The van der Waals surface area contributed by atoms with E-state index in [1.165, 1.54) is 12.5 Å². The standard InChI is InChI=1S/C28H30N4O2S/c1-18(33)30-25-15-19(13-14-29-25)17-35-24-8-6-7-23-26(24)22(16-32(23)5)27(34)31-21-11-9-20(10-12-21)28(2,3)4/h6-16H,17H2,1-5H3,(H,31,34)(H,29,30,33). The number of rotatable bonds is 6. The fraction of sp³-hybridized carbons (Fsp3) is 0.250. The first-order valence-corrected chi connectivity index (χ1v) is 12.5. The number of fused-ring (bicyclic) bond motifs is 1. The van der Waals surface area contributed by atoms with Crippen LogP contribution in [0, 0.1) is 0 Å². The Morgan fingerprint density at radius 2 is 1.77 bits per heavy atom. The normalized spacial score (nSPS) is 11.5. The van der Waals surface area contributed by atoms with E-state index >= 15 is 0 Å². The Bertz CT molecular complexity index is 1380. The zero-order valence-electron chi connectivity index (χ0n) is 20.7. The zero-order chi connectivity index (χ0) is 25.2. The third kappa shape index (κ3) is 5.74. The molecule has 0 bridgehead atoms. The van der Waals surface area contributed by atoms with Crippen LogP contribution in [-0.4, -0.2) is 21.4 Å². The highest BCUT2D eigenvalue weighted by molar-refractivity contribution is 7.98. The number of nitrogens with zero attached hydrogens (tertiary/aromatic N) is 2. The molecular weight excluding hydrogens is 456 g/mol. The van der Waals surface area contributed by atoms with E-state index in [0.29, 0.717) is 17.1 Å². The summed E-state index contributed by atoms with van der Waals surface area (Å²) in [6.45, 7) is 7.97. The molecule has 7 heteroatoms. The van der Waals surface area contributed by atoms with Crippen molar-refractivity contribution in [3.63, 3.8) is 0 Å². The molecule has 0 saturated heterocycles. The second kappa shape index (κ2) is 9.96. The molecule has 0 unspecified atom stereocenters. The quantitative estimate of drug-likeness (QED) is 0.310. The maximum absolute atomic E-state index is 13.3. The average molecular weight is 487 g/mol. The number of carbonyl (C=O) groups excluding carboxylic acids is 2. The van der Waals surface area contributed by atoms with Gasteiger partial charge in [0, 0.05) is 53.6 Å². The first kappa shape index (κ1) is 24.5. The lowest BCUT2D eigenvalue weighted by molar-refractivity contribution is -0.114. The number of carbonyl (C=O) groups is 2. The minimum absolute atomic E-state index is 0.0575. The molecule has 180 valence electrons. The third-order valence-electron chi connectivity index (χ3n) is 5.75. The van der Waals surface area contributed by atoms with Crippen molar-refractivity contribution in [3.05, 3.63) is 83.7 Å². The van der Waals surface area contributed by atoms with E-state index in [-0.39, 0.29) is 17.2 Å². The maximum atomic E-state index is 13.3. The summed E-state index contributed by atoms with van der Waals surface area (Å²) in [5.41, 5.74) is 4.72. The molecule has 2 aromatic carbocycles. The molecular formula is C28H30N4O2S. The number of pyridine rings is 1. The highest BCUT2D eigenvalue weighted by atomic mass is 32.2. The summed E-state index contributed by atoms with van der Waals surface area (Å²) >= 11 is 1.65. The predicted octanol–water partition coefficient (Wildman–Crippen LogP) is 6.37. The molecule has 0 atom stereocenters. The molecule has 0 fully saturated rings. The van der Waals surface area contributed by atoms with Crippen LogP contribution >= 0.6 is 11.8 Å². The largest absolute Gasteiger partial charge is 0.350 e. The SMILES string of the molecule is CC(=O)Nc1cc(CSc2cccc3c2c(C(=O)Nc2ccc(C(C)(C)C)cc2)cn3C)ccn1. The molecule has 4 aromatic rings. The first-order chi connectivity index (χ1) is 16.6. The average Bonchev–Trinajstić information content (AvgIpc) is 3.15. The number of anilines is 2. The van der Waals surface area contributed by atoms with E-state index in [1.807, 2.05) is 60.3 Å². The predicted molar refractivity (Wildman–Crippen MR) is 144 cm³/mol. The zero-order valence-corrected chi connectivity index (χ0v) is 21.5. The molecule has 2 heterocycles. The second-order valence-corrected chi connectivity index (χ2v) is 10.6. The van der Waals surface area contributed by atoms with Gasteiger partial charge in [0.1, 0.15) is 5.82 Å². The van der Waals surface area contributed by atoms with E-state index in [4.69, 9.17) is 0 Å². The van der Waals surface area contributed by atoms with Gasteiger partial charge in [-0.15, -0.1) is 11.8 Å². The molecule has 6 nitrogen and oxygen atoms in total. The summed E-state index contributed by atoms with van der Waals surface area (Å²) in [6, 6.07) is 17.9. The molecule has 35 heavy (non-hydrogen) atoms.